The first-order valence-corrected chi connectivity index (χ1v) is 24.1. The molecule has 2 amide bonds. The van der Waals surface area contributed by atoms with Crippen LogP contribution in [0.2, 0.25) is 5.02 Å². The van der Waals surface area contributed by atoms with Crippen molar-refractivity contribution in [1.29, 1.82) is 0 Å². The van der Waals surface area contributed by atoms with Crippen LogP contribution in [-0.2, 0) is 25.8 Å². The van der Waals surface area contributed by atoms with Crippen LogP contribution in [0.3, 0.4) is 0 Å². The maximum absolute atomic E-state index is 14.0. The second kappa shape index (κ2) is 16.5. The zero-order valence-corrected chi connectivity index (χ0v) is 36.4. The number of hydrogen-bond donors (Lipinski definition) is 2. The van der Waals surface area contributed by atoms with Gasteiger partial charge < -0.3 is 15.1 Å². The van der Waals surface area contributed by atoms with Crippen LogP contribution < -0.4 is 21.1 Å². The number of sulfone groups is 1. The average Bonchev–Trinajstić information content (AvgIpc) is 3.76. The SMILES string of the molecule is CCc1cc2cc(Cl)c(=O)n(C3CCCC3)c2nc1Nc1ccc(S(=O)(=O)C2CC3(CCN(CC4CCN(c5ccc(C6CCC(=O)NC6=O)cc5)CC4)CC3)C2)cc1C. The number of carbonyl (C=O) groups is 2. The van der Waals surface area contributed by atoms with Crippen molar-refractivity contribution in [1.82, 2.24) is 19.8 Å². The van der Waals surface area contributed by atoms with Crippen molar-refractivity contribution in [2.75, 3.05) is 42.9 Å². The molecular weight excluding hydrogens is 796 g/mol. The third-order valence-corrected chi connectivity index (χ3v) is 17.0. The number of pyridine rings is 2. The molecular formula is C47H57ClN6O5S. The van der Waals surface area contributed by atoms with E-state index in [1.54, 1.807) is 22.8 Å². The number of benzene rings is 2. The summed E-state index contributed by atoms with van der Waals surface area (Å²) in [6.07, 6.45) is 11.6. The van der Waals surface area contributed by atoms with E-state index in [-0.39, 0.29) is 45.0 Å². The summed E-state index contributed by atoms with van der Waals surface area (Å²) in [6.45, 7) is 9.18. The number of imide groups is 1. The van der Waals surface area contributed by atoms with Gasteiger partial charge in [-0.05, 0) is 155 Å². The van der Waals surface area contributed by atoms with E-state index in [0.29, 0.717) is 35.1 Å². The van der Waals surface area contributed by atoms with Crippen molar-refractivity contribution in [3.05, 3.63) is 86.7 Å². The minimum atomic E-state index is -3.47. The van der Waals surface area contributed by atoms with Crippen LogP contribution >= 0.6 is 11.6 Å². The number of amides is 2. The molecule has 1 spiro atoms. The predicted octanol–water partition coefficient (Wildman–Crippen LogP) is 8.23. The van der Waals surface area contributed by atoms with Gasteiger partial charge in [-0.1, -0.05) is 43.5 Å². The van der Waals surface area contributed by atoms with Crippen LogP contribution in [-0.4, -0.2) is 72.7 Å². The summed E-state index contributed by atoms with van der Waals surface area (Å²) in [5.74, 6) is 0.686. The number of hydrogen-bond acceptors (Lipinski definition) is 9. The Balaban J connectivity index is 0.774. The molecule has 11 nitrogen and oxygen atoms in total. The number of anilines is 3. The van der Waals surface area contributed by atoms with E-state index < -0.39 is 9.84 Å². The molecule has 5 heterocycles. The number of aromatic nitrogens is 2. The standard InChI is InChI=1S/C47H57ClN6O5S/c1-3-32-25-34-26-40(48)46(57)54(36-6-4-5-7-36)44(34)51-43(32)49-41-14-12-37(24-30(41)2)60(58,59)38-27-47(28-38)18-22-52(23-19-47)29-31-16-20-53(21-17-31)35-10-8-33(9-11-35)39-13-15-42(55)50-45(39)56/h8-12,14,24-26,31,36,38-39H,3-7,13,15-23,27-29H2,1-2H3,(H,49,51)(H,50,55,56). The van der Waals surface area contributed by atoms with Crippen molar-refractivity contribution in [3.63, 3.8) is 0 Å². The largest absolute Gasteiger partial charge is 0.372 e. The molecule has 3 saturated heterocycles. The van der Waals surface area contributed by atoms with Crippen molar-refractivity contribution >= 4 is 61.5 Å². The first kappa shape index (κ1) is 41.1. The number of fused-ring (bicyclic) bond motifs is 1. The van der Waals surface area contributed by atoms with Crippen molar-refractivity contribution in [2.45, 2.75) is 119 Å². The summed E-state index contributed by atoms with van der Waals surface area (Å²) in [7, 11) is -3.47. The Morgan fingerprint density at radius 3 is 2.28 bits per heavy atom. The lowest BCUT2D eigenvalue weighted by atomic mass is 9.63. The predicted molar refractivity (Wildman–Crippen MR) is 237 cm³/mol. The Hall–Kier alpha value is -4.26. The van der Waals surface area contributed by atoms with Gasteiger partial charge in [0.15, 0.2) is 9.84 Å². The quantitative estimate of drug-likeness (QED) is 0.151. The molecule has 1 atom stereocenters. The van der Waals surface area contributed by atoms with Gasteiger partial charge in [-0.25, -0.2) is 13.4 Å². The van der Waals surface area contributed by atoms with Crippen LogP contribution in [0.15, 0.2) is 64.3 Å². The summed E-state index contributed by atoms with van der Waals surface area (Å²) in [5.41, 5.74) is 5.33. The number of rotatable bonds is 10. The molecule has 318 valence electrons. The fraction of sp³-hybridized carbons (Fsp3) is 0.532. The third kappa shape index (κ3) is 7.99. The number of carbonyl (C=O) groups excluding carboxylic acids is 2. The summed E-state index contributed by atoms with van der Waals surface area (Å²) in [5, 5.41) is 6.68. The van der Waals surface area contributed by atoms with Crippen LogP contribution in [0, 0.1) is 18.3 Å². The molecule has 2 aliphatic carbocycles. The Bertz CT molecular complexity index is 2460. The van der Waals surface area contributed by atoms with E-state index >= 15 is 0 Å². The molecule has 2 N–H and O–H groups in total. The zero-order chi connectivity index (χ0) is 41.8. The number of piperidine rings is 3. The Morgan fingerprint density at radius 1 is 0.900 bits per heavy atom. The van der Waals surface area contributed by atoms with Gasteiger partial charge in [0.2, 0.25) is 11.8 Å². The fourth-order valence-corrected chi connectivity index (χ4v) is 13.2. The molecule has 13 heteroatoms. The number of halogens is 1. The van der Waals surface area contributed by atoms with E-state index in [9.17, 15) is 22.8 Å². The smallest absolute Gasteiger partial charge is 0.271 e. The molecule has 60 heavy (non-hydrogen) atoms. The first-order valence-electron chi connectivity index (χ1n) is 22.2. The summed E-state index contributed by atoms with van der Waals surface area (Å²) >= 11 is 6.43. The minimum absolute atomic E-state index is 0.0823. The molecule has 9 rings (SSSR count). The maximum Gasteiger partial charge on any atom is 0.271 e. The highest BCUT2D eigenvalue weighted by Gasteiger charge is 2.51. The Morgan fingerprint density at radius 2 is 1.62 bits per heavy atom. The lowest BCUT2D eigenvalue weighted by Crippen LogP contribution is -2.52. The topological polar surface area (TPSA) is 134 Å². The molecule has 4 aromatic rings. The Labute approximate surface area is 358 Å². The fourth-order valence-electron chi connectivity index (χ4n) is 10.8. The summed E-state index contributed by atoms with van der Waals surface area (Å²) in [4.78, 5) is 47.6. The summed E-state index contributed by atoms with van der Waals surface area (Å²) < 4.78 is 29.8. The third-order valence-electron chi connectivity index (χ3n) is 14.6. The zero-order valence-electron chi connectivity index (χ0n) is 34.8. The molecule has 1 unspecified atom stereocenters. The van der Waals surface area contributed by atoms with Crippen LogP contribution in [0.25, 0.3) is 11.0 Å². The lowest BCUT2D eigenvalue weighted by Gasteiger charge is -2.52. The Kier molecular flexibility index (Phi) is 11.3. The van der Waals surface area contributed by atoms with E-state index in [1.165, 1.54) is 5.69 Å². The highest BCUT2D eigenvalue weighted by molar-refractivity contribution is 7.92. The van der Waals surface area contributed by atoms with Crippen molar-refractivity contribution in [3.8, 4) is 0 Å². The van der Waals surface area contributed by atoms with Crippen LogP contribution in [0.1, 0.15) is 113 Å². The molecule has 2 saturated carbocycles. The number of nitrogens with zero attached hydrogens (tertiary/aromatic N) is 4. The average molecular weight is 854 g/mol. The monoisotopic (exact) mass is 852 g/mol. The van der Waals surface area contributed by atoms with Gasteiger partial charge in [0.05, 0.1) is 16.1 Å². The normalized spacial score (nSPS) is 22.1. The molecule has 2 aromatic carbocycles. The molecule has 3 aliphatic heterocycles. The van der Waals surface area contributed by atoms with E-state index in [1.807, 2.05) is 25.1 Å². The van der Waals surface area contributed by atoms with Crippen molar-refractivity contribution in [2.24, 2.45) is 11.3 Å². The molecule has 0 radical (unpaired) electrons. The van der Waals surface area contributed by atoms with Gasteiger partial charge in [0.25, 0.3) is 5.56 Å². The number of aryl methyl sites for hydroxylation is 2. The molecule has 5 fully saturated rings. The maximum atomic E-state index is 14.0. The highest BCUT2D eigenvalue weighted by atomic mass is 35.5. The molecule has 0 bridgehead atoms. The number of likely N-dealkylation sites (tertiary alicyclic amines) is 1. The van der Waals surface area contributed by atoms with E-state index in [2.05, 4.69) is 45.6 Å². The summed E-state index contributed by atoms with van der Waals surface area (Å²) in [6, 6.07) is 17.6. The number of nitrogens with one attached hydrogen (secondary N) is 2. The molecule has 5 aliphatic rings. The van der Waals surface area contributed by atoms with Gasteiger partial charge >= 0.3 is 0 Å². The highest BCUT2D eigenvalue weighted by Crippen LogP contribution is 2.53. The first-order chi connectivity index (χ1) is 28.9. The minimum Gasteiger partial charge on any atom is -0.372 e. The second-order valence-electron chi connectivity index (χ2n) is 18.4. The van der Waals surface area contributed by atoms with Crippen LogP contribution in [0.4, 0.5) is 17.2 Å². The van der Waals surface area contributed by atoms with Gasteiger partial charge in [-0.2, -0.15) is 0 Å². The van der Waals surface area contributed by atoms with Gasteiger partial charge in [-0.3, -0.25) is 24.3 Å². The van der Waals surface area contributed by atoms with Gasteiger partial charge in [0.1, 0.15) is 16.5 Å². The van der Waals surface area contributed by atoms with E-state index in [0.717, 1.165) is 131 Å². The molecule has 2 aromatic heterocycles. The second-order valence-corrected chi connectivity index (χ2v) is 21.0. The lowest BCUT2D eigenvalue weighted by molar-refractivity contribution is -0.134. The van der Waals surface area contributed by atoms with Gasteiger partial charge in [0, 0.05) is 48.9 Å². The van der Waals surface area contributed by atoms with Crippen molar-refractivity contribution < 1.29 is 18.0 Å². The van der Waals surface area contributed by atoms with Gasteiger partial charge in [-0.15, -0.1) is 0 Å². The van der Waals surface area contributed by atoms with E-state index in [4.69, 9.17) is 16.6 Å². The van der Waals surface area contributed by atoms with Crippen LogP contribution in [0.5, 0.6) is 0 Å².